The maximum Gasteiger partial charge on any atom is 0.145 e. The maximum atomic E-state index is 6.24. The second-order valence-electron chi connectivity index (χ2n) is 6.21. The molecule has 0 atom stereocenters. The SMILES string of the molecule is CN(Cc1nc(Cl)c2ccsc2n1)CC1(N(C)C)CCC1. The van der Waals surface area contributed by atoms with Gasteiger partial charge in [0.05, 0.1) is 6.54 Å². The molecule has 0 bridgehead atoms. The molecule has 0 N–H and O–H groups in total. The molecule has 2 heterocycles. The number of fused-ring (bicyclic) bond motifs is 1. The lowest BCUT2D eigenvalue weighted by molar-refractivity contribution is 0.0253. The molecule has 0 unspecified atom stereocenters. The second kappa shape index (κ2) is 5.80. The van der Waals surface area contributed by atoms with E-state index in [1.165, 1.54) is 19.3 Å². The van der Waals surface area contributed by atoms with Crippen LogP contribution in [0.1, 0.15) is 25.1 Å². The first-order valence-electron chi connectivity index (χ1n) is 7.26. The molecule has 0 spiro atoms. The van der Waals surface area contributed by atoms with Crippen molar-refractivity contribution in [3.8, 4) is 0 Å². The Kier molecular flexibility index (Phi) is 4.19. The highest BCUT2D eigenvalue weighted by molar-refractivity contribution is 7.16. The Morgan fingerprint density at radius 1 is 1.29 bits per heavy atom. The van der Waals surface area contributed by atoms with Gasteiger partial charge in [-0.15, -0.1) is 11.3 Å². The summed E-state index contributed by atoms with van der Waals surface area (Å²) in [6.45, 7) is 1.78. The van der Waals surface area contributed by atoms with Crippen LogP contribution in [0.3, 0.4) is 0 Å². The van der Waals surface area contributed by atoms with Crippen molar-refractivity contribution >= 4 is 33.2 Å². The van der Waals surface area contributed by atoms with Gasteiger partial charge >= 0.3 is 0 Å². The molecule has 0 radical (unpaired) electrons. The third-order valence-electron chi connectivity index (χ3n) is 4.53. The van der Waals surface area contributed by atoms with E-state index in [4.69, 9.17) is 11.6 Å². The quantitative estimate of drug-likeness (QED) is 0.790. The van der Waals surface area contributed by atoms with Crippen LogP contribution in [0.4, 0.5) is 0 Å². The number of nitrogens with zero attached hydrogens (tertiary/aromatic N) is 4. The lowest BCUT2D eigenvalue weighted by atomic mass is 9.75. The minimum absolute atomic E-state index is 0.325. The predicted molar refractivity (Wildman–Crippen MR) is 89.0 cm³/mol. The van der Waals surface area contributed by atoms with Crippen LogP contribution in [0, 0.1) is 0 Å². The Hall–Kier alpha value is -0.750. The van der Waals surface area contributed by atoms with E-state index in [0.717, 1.165) is 29.1 Å². The highest BCUT2D eigenvalue weighted by Crippen LogP contribution is 2.36. The average molecular weight is 325 g/mol. The summed E-state index contributed by atoms with van der Waals surface area (Å²) in [6, 6.07) is 1.98. The summed E-state index contributed by atoms with van der Waals surface area (Å²) in [5, 5.41) is 3.53. The molecule has 2 aromatic rings. The largest absolute Gasteiger partial charge is 0.302 e. The summed E-state index contributed by atoms with van der Waals surface area (Å²) in [5.41, 5.74) is 0.325. The topological polar surface area (TPSA) is 32.3 Å². The number of rotatable bonds is 5. The van der Waals surface area contributed by atoms with Crippen LogP contribution in [0.15, 0.2) is 11.4 Å². The zero-order chi connectivity index (χ0) is 15.0. The van der Waals surface area contributed by atoms with Gasteiger partial charge in [-0.05, 0) is 51.9 Å². The fourth-order valence-electron chi connectivity index (χ4n) is 3.06. The molecule has 6 heteroatoms. The molecule has 2 aromatic heterocycles. The fourth-order valence-corrected chi connectivity index (χ4v) is 4.15. The van der Waals surface area contributed by atoms with E-state index in [1.807, 2.05) is 11.4 Å². The van der Waals surface area contributed by atoms with Crippen molar-refractivity contribution < 1.29 is 0 Å². The Balaban J connectivity index is 1.72. The average Bonchev–Trinajstić information content (AvgIpc) is 2.82. The van der Waals surface area contributed by atoms with Crippen LogP contribution in [-0.4, -0.2) is 53.0 Å². The summed E-state index contributed by atoms with van der Waals surface area (Å²) in [6.07, 6.45) is 3.88. The van der Waals surface area contributed by atoms with Crippen molar-refractivity contribution in [2.75, 3.05) is 27.7 Å². The smallest absolute Gasteiger partial charge is 0.145 e. The number of hydrogen-bond donors (Lipinski definition) is 0. The Bertz CT molecular complexity index is 636. The van der Waals surface area contributed by atoms with Crippen LogP contribution < -0.4 is 0 Å². The van der Waals surface area contributed by atoms with Gasteiger partial charge < -0.3 is 4.90 Å². The third-order valence-corrected chi connectivity index (χ3v) is 5.63. The van der Waals surface area contributed by atoms with Crippen molar-refractivity contribution in [3.05, 3.63) is 22.4 Å². The number of likely N-dealkylation sites (N-methyl/N-ethyl adjacent to an activating group) is 2. The van der Waals surface area contributed by atoms with Gasteiger partial charge in [-0.3, -0.25) is 4.90 Å². The van der Waals surface area contributed by atoms with Crippen LogP contribution in [0.2, 0.25) is 5.15 Å². The van der Waals surface area contributed by atoms with E-state index >= 15 is 0 Å². The zero-order valence-corrected chi connectivity index (χ0v) is 14.3. The van der Waals surface area contributed by atoms with Crippen molar-refractivity contribution in [1.29, 1.82) is 0 Å². The van der Waals surface area contributed by atoms with Crippen LogP contribution in [-0.2, 0) is 6.54 Å². The Morgan fingerprint density at radius 2 is 2.05 bits per heavy atom. The predicted octanol–water partition coefficient (Wildman–Crippen LogP) is 3.26. The molecule has 1 fully saturated rings. The van der Waals surface area contributed by atoms with Gasteiger partial charge in [0.15, 0.2) is 0 Å². The van der Waals surface area contributed by atoms with E-state index in [9.17, 15) is 0 Å². The summed E-state index contributed by atoms with van der Waals surface area (Å²) >= 11 is 7.85. The monoisotopic (exact) mass is 324 g/mol. The maximum absolute atomic E-state index is 6.24. The second-order valence-corrected chi connectivity index (χ2v) is 7.47. The molecule has 1 aliphatic carbocycles. The van der Waals surface area contributed by atoms with Crippen molar-refractivity contribution in [3.63, 3.8) is 0 Å². The first kappa shape index (κ1) is 15.2. The number of aromatic nitrogens is 2. The molecule has 21 heavy (non-hydrogen) atoms. The van der Waals surface area contributed by atoms with Gasteiger partial charge in [-0.25, -0.2) is 9.97 Å². The Morgan fingerprint density at radius 3 is 2.67 bits per heavy atom. The van der Waals surface area contributed by atoms with Crippen molar-refractivity contribution in [2.45, 2.75) is 31.3 Å². The minimum atomic E-state index is 0.325. The highest BCUT2D eigenvalue weighted by Gasteiger charge is 2.39. The summed E-state index contributed by atoms with van der Waals surface area (Å²) in [4.78, 5) is 14.7. The molecule has 0 amide bonds. The third kappa shape index (κ3) is 2.93. The highest BCUT2D eigenvalue weighted by atomic mass is 35.5. The van der Waals surface area contributed by atoms with Crippen molar-refractivity contribution in [1.82, 2.24) is 19.8 Å². The normalized spacial score (nSPS) is 17.6. The summed E-state index contributed by atoms with van der Waals surface area (Å²) in [5.74, 6) is 0.811. The van der Waals surface area contributed by atoms with Gasteiger partial charge in [-0.2, -0.15) is 0 Å². The standard InChI is InChI=1S/C15H21ClN4S/c1-19(2)15(6-4-7-15)10-20(3)9-12-17-13(16)11-5-8-21-14(11)18-12/h5,8H,4,6-7,9-10H2,1-3H3. The first-order chi connectivity index (χ1) is 10.00. The van der Waals surface area contributed by atoms with Gasteiger partial charge in [-0.1, -0.05) is 11.6 Å². The molecule has 3 rings (SSSR count). The molecule has 0 aliphatic heterocycles. The lowest BCUT2D eigenvalue weighted by Crippen LogP contribution is -2.56. The minimum Gasteiger partial charge on any atom is -0.302 e. The van der Waals surface area contributed by atoms with Gasteiger partial charge in [0, 0.05) is 17.5 Å². The number of hydrogen-bond acceptors (Lipinski definition) is 5. The molecule has 0 aromatic carbocycles. The molecule has 4 nitrogen and oxygen atoms in total. The zero-order valence-electron chi connectivity index (χ0n) is 12.8. The molecular formula is C15H21ClN4S. The van der Waals surface area contributed by atoms with Crippen LogP contribution in [0.5, 0.6) is 0 Å². The van der Waals surface area contributed by atoms with E-state index < -0.39 is 0 Å². The lowest BCUT2D eigenvalue weighted by Gasteiger charge is -2.49. The van der Waals surface area contributed by atoms with E-state index in [0.29, 0.717) is 10.7 Å². The summed E-state index contributed by atoms with van der Waals surface area (Å²) in [7, 11) is 6.50. The molecule has 1 aliphatic rings. The van der Waals surface area contributed by atoms with Gasteiger partial charge in [0.25, 0.3) is 0 Å². The van der Waals surface area contributed by atoms with Crippen LogP contribution in [0.25, 0.3) is 10.2 Å². The Labute approximate surface area is 134 Å². The molecular weight excluding hydrogens is 304 g/mol. The number of thiophene rings is 1. The molecule has 114 valence electrons. The van der Waals surface area contributed by atoms with Gasteiger partial charge in [0.2, 0.25) is 0 Å². The summed E-state index contributed by atoms with van der Waals surface area (Å²) < 4.78 is 0. The van der Waals surface area contributed by atoms with Gasteiger partial charge in [0.1, 0.15) is 15.8 Å². The molecule has 0 saturated heterocycles. The molecule has 1 saturated carbocycles. The van der Waals surface area contributed by atoms with Crippen molar-refractivity contribution in [2.24, 2.45) is 0 Å². The van der Waals surface area contributed by atoms with Crippen LogP contribution >= 0.6 is 22.9 Å². The fraction of sp³-hybridized carbons (Fsp3) is 0.600. The van der Waals surface area contributed by atoms with E-state index in [-0.39, 0.29) is 0 Å². The van der Waals surface area contributed by atoms with E-state index in [2.05, 4.69) is 40.9 Å². The van der Waals surface area contributed by atoms with E-state index in [1.54, 1.807) is 11.3 Å². The number of halogens is 1. The first-order valence-corrected chi connectivity index (χ1v) is 8.51.